The van der Waals surface area contributed by atoms with Crippen LogP contribution >= 0.6 is 11.6 Å². The average molecular weight is 829 g/mol. The van der Waals surface area contributed by atoms with Gasteiger partial charge in [0.05, 0.1) is 23.7 Å². The van der Waals surface area contributed by atoms with E-state index in [0.29, 0.717) is 41.0 Å². The van der Waals surface area contributed by atoms with Gasteiger partial charge in [-0.1, -0.05) is 17.7 Å². The molecule has 0 aliphatic carbocycles. The molecular formula is C32H32AcClN5O5. The normalized spacial score (nSPS) is 24.8. The average Bonchev–Trinajstić information content (AvgIpc) is 3.48. The SMILES string of the molecule is Cc1cc2c(c(O)c1C)[C@H]1C3Cc4c(O)c(C)c5c(c4[C@H](CNC(=O)c4cccnc4Cl)N3[C@@H](C#N)[C@H](C2)N1C)OCO5.[Ac]. The van der Waals surface area contributed by atoms with E-state index in [1.165, 1.54) is 6.20 Å². The molecule has 5 heterocycles. The minimum atomic E-state index is -0.554. The summed E-state index contributed by atoms with van der Waals surface area (Å²) < 4.78 is 11.8. The summed E-state index contributed by atoms with van der Waals surface area (Å²) in [6.45, 7) is 5.83. The van der Waals surface area contributed by atoms with Gasteiger partial charge in [-0.25, -0.2) is 4.98 Å². The monoisotopic (exact) mass is 828 g/mol. The number of phenolic OH excluding ortho intramolecular Hbond substituents is 2. The van der Waals surface area contributed by atoms with E-state index in [1.807, 2.05) is 20.9 Å². The fourth-order valence-corrected chi connectivity index (χ4v) is 7.95. The van der Waals surface area contributed by atoms with Gasteiger partial charge < -0.3 is 25.0 Å². The zero-order valence-corrected chi connectivity index (χ0v) is 30.4. The van der Waals surface area contributed by atoms with Crippen molar-refractivity contribution in [1.82, 2.24) is 20.1 Å². The number of hydrogen-bond acceptors (Lipinski definition) is 9. The van der Waals surface area contributed by atoms with E-state index in [4.69, 9.17) is 21.1 Å². The number of hydrogen-bond donors (Lipinski definition) is 3. The molecule has 12 heteroatoms. The summed E-state index contributed by atoms with van der Waals surface area (Å²) in [6, 6.07) is 6.13. The number of nitrogens with one attached hydrogen (secondary N) is 1. The summed E-state index contributed by atoms with van der Waals surface area (Å²) in [7, 11) is 2.01. The molecule has 4 aliphatic rings. The molecule has 2 bridgehead atoms. The topological polar surface area (TPSA) is 131 Å². The van der Waals surface area contributed by atoms with Gasteiger partial charge in [-0.05, 0) is 69.5 Å². The van der Waals surface area contributed by atoms with Crippen molar-refractivity contribution in [1.29, 1.82) is 5.26 Å². The Hall–Kier alpha value is -2.60. The molecule has 0 spiro atoms. The summed E-state index contributed by atoms with van der Waals surface area (Å²) in [6.07, 6.45) is 2.51. The predicted molar refractivity (Wildman–Crippen MR) is 158 cm³/mol. The van der Waals surface area contributed by atoms with E-state index >= 15 is 0 Å². The Morgan fingerprint density at radius 1 is 1.14 bits per heavy atom. The van der Waals surface area contributed by atoms with Gasteiger partial charge in [-0.15, -0.1) is 0 Å². The van der Waals surface area contributed by atoms with Gasteiger partial charge in [0.1, 0.15) is 22.7 Å². The number of pyridine rings is 1. The number of phenols is 2. The van der Waals surface area contributed by atoms with Gasteiger partial charge in [0.15, 0.2) is 11.5 Å². The van der Waals surface area contributed by atoms with Gasteiger partial charge in [0, 0.05) is 91.1 Å². The molecule has 1 aromatic heterocycles. The van der Waals surface area contributed by atoms with Crippen molar-refractivity contribution in [2.45, 2.75) is 63.8 Å². The number of aryl methyl sites for hydroxylation is 1. The Labute approximate surface area is 296 Å². The van der Waals surface area contributed by atoms with Crippen LogP contribution in [0.25, 0.3) is 0 Å². The molecule has 4 aliphatic heterocycles. The Balaban J connectivity index is 0.00000343. The molecule has 2 aromatic carbocycles. The van der Waals surface area contributed by atoms with Crippen LogP contribution in [0.3, 0.4) is 0 Å². The molecule has 0 saturated carbocycles. The van der Waals surface area contributed by atoms with Crippen LogP contribution in [0.4, 0.5) is 0 Å². The minimum absolute atomic E-state index is 0. The number of aromatic hydroxyl groups is 2. The minimum Gasteiger partial charge on any atom is -0.507 e. The van der Waals surface area contributed by atoms with Crippen molar-refractivity contribution in [2.24, 2.45) is 0 Å². The zero-order chi connectivity index (χ0) is 30.3. The van der Waals surface area contributed by atoms with Gasteiger partial charge in [0.25, 0.3) is 5.91 Å². The van der Waals surface area contributed by atoms with Crippen LogP contribution in [-0.2, 0) is 12.8 Å². The number of halogens is 1. The van der Waals surface area contributed by atoms with E-state index in [2.05, 4.69) is 32.2 Å². The van der Waals surface area contributed by atoms with Gasteiger partial charge in [-0.3, -0.25) is 14.6 Å². The maximum atomic E-state index is 13.3. The van der Waals surface area contributed by atoms with Crippen molar-refractivity contribution >= 4 is 17.5 Å². The number of piperazine rings is 1. The smallest absolute Gasteiger partial charge is 0.254 e. The maximum absolute atomic E-state index is 13.3. The number of carbonyl (C=O) groups excluding carboxylic acids is 1. The number of fused-ring (bicyclic) bond motifs is 9. The van der Waals surface area contributed by atoms with Crippen LogP contribution in [0.1, 0.15) is 61.4 Å². The van der Waals surface area contributed by atoms with Crippen molar-refractivity contribution in [3.8, 4) is 29.1 Å². The van der Waals surface area contributed by atoms with E-state index in [1.54, 1.807) is 19.1 Å². The van der Waals surface area contributed by atoms with Gasteiger partial charge in [-0.2, -0.15) is 5.26 Å². The third kappa shape index (κ3) is 4.52. The molecule has 3 aromatic rings. The molecule has 7 rings (SSSR count). The number of carbonyl (C=O) groups is 1. The van der Waals surface area contributed by atoms with Crippen LogP contribution in [0.5, 0.6) is 23.0 Å². The quantitative estimate of drug-likeness (QED) is 0.336. The van der Waals surface area contributed by atoms with Crippen molar-refractivity contribution in [2.75, 3.05) is 20.4 Å². The first kappa shape index (κ1) is 31.4. The first-order valence-electron chi connectivity index (χ1n) is 14.4. The van der Waals surface area contributed by atoms with Crippen LogP contribution < -0.4 is 14.8 Å². The number of nitrogens with zero attached hydrogens (tertiary/aromatic N) is 4. The summed E-state index contributed by atoms with van der Waals surface area (Å²) in [5.41, 5.74) is 5.97. The number of benzene rings is 2. The third-order valence-corrected chi connectivity index (χ3v) is 10.2. The first-order chi connectivity index (χ1) is 20.6. The number of rotatable bonds is 3. The molecule has 1 fully saturated rings. The molecule has 10 nitrogen and oxygen atoms in total. The third-order valence-electron chi connectivity index (χ3n) is 9.92. The van der Waals surface area contributed by atoms with Gasteiger partial charge in [0.2, 0.25) is 6.79 Å². The van der Waals surface area contributed by atoms with E-state index in [0.717, 1.165) is 22.3 Å². The van der Waals surface area contributed by atoms with Crippen LogP contribution in [0, 0.1) is 76.2 Å². The number of amides is 1. The van der Waals surface area contributed by atoms with Gasteiger partial charge >= 0.3 is 0 Å². The Kier molecular flexibility index (Phi) is 8.30. The van der Waals surface area contributed by atoms with Crippen LogP contribution in [0.15, 0.2) is 24.4 Å². The second-order valence-electron chi connectivity index (χ2n) is 11.9. The zero-order valence-electron chi connectivity index (χ0n) is 24.9. The summed E-state index contributed by atoms with van der Waals surface area (Å²) in [5.74, 6) is 0.984. The number of ether oxygens (including phenoxy) is 2. The largest absolute Gasteiger partial charge is 0.507 e. The Bertz CT molecular complexity index is 1750. The molecule has 44 heavy (non-hydrogen) atoms. The van der Waals surface area contributed by atoms with Crippen LogP contribution in [0.2, 0.25) is 5.15 Å². The second kappa shape index (κ2) is 11.6. The van der Waals surface area contributed by atoms with Crippen molar-refractivity contribution in [3.63, 3.8) is 0 Å². The molecule has 5 atom stereocenters. The fourth-order valence-electron chi connectivity index (χ4n) is 7.75. The summed E-state index contributed by atoms with van der Waals surface area (Å²) in [5, 5.41) is 36.9. The second-order valence-corrected chi connectivity index (χ2v) is 12.3. The van der Waals surface area contributed by atoms with E-state index in [-0.39, 0.29) is 97.7 Å². The van der Waals surface area contributed by atoms with Crippen molar-refractivity contribution < 1.29 is 68.5 Å². The van der Waals surface area contributed by atoms with Crippen LogP contribution in [-0.4, -0.2) is 69.4 Å². The number of nitriles is 1. The molecule has 1 amide bonds. The van der Waals surface area contributed by atoms with E-state index in [9.17, 15) is 20.3 Å². The fraction of sp³-hybridized carbons (Fsp3) is 0.406. The molecule has 1 radical (unpaired) electrons. The molecule has 1 saturated heterocycles. The Morgan fingerprint density at radius 2 is 1.89 bits per heavy atom. The van der Waals surface area contributed by atoms with E-state index < -0.39 is 18.0 Å². The molecular weight excluding hydrogens is 797 g/mol. The molecule has 1 unspecified atom stereocenters. The molecule has 225 valence electrons. The standard InChI is InChI=1S/C32H32ClN5O5.Ac/c1-14-8-17-9-20-22(11-34)38-21(26(37(20)4)24(17)28(40)15(14)2)10-19-25(30-29(42-13-43-30)16(3)27(19)39)23(38)12-36-32(41)18-6-5-7-35-31(18)33;/h5-8,20-23,26,39-40H,9-10,12-13H2,1-4H3,(H,36,41);/t20-,21?,22-,23-,26+;/m0./s1. The first-order valence-corrected chi connectivity index (χ1v) is 14.7. The summed E-state index contributed by atoms with van der Waals surface area (Å²) in [4.78, 5) is 21.7. The predicted octanol–water partition coefficient (Wildman–Crippen LogP) is 4.00. The van der Waals surface area contributed by atoms with Crippen molar-refractivity contribution in [3.05, 3.63) is 74.1 Å². The Morgan fingerprint density at radius 3 is 2.61 bits per heavy atom. The maximum Gasteiger partial charge on any atom is 0.254 e. The number of likely N-dealkylation sites (N-methyl/N-ethyl adjacent to an activating group) is 1. The molecule has 3 N–H and O–H groups in total. The summed E-state index contributed by atoms with van der Waals surface area (Å²) >= 11 is 6.24. The number of aromatic nitrogens is 1.